The quantitative estimate of drug-likeness (QED) is 0.284. The molecule has 10 heteroatoms. The van der Waals surface area contributed by atoms with Crippen molar-refractivity contribution >= 4 is 15.2 Å². The number of nitrogens with two attached hydrogens (primary N) is 1. The van der Waals surface area contributed by atoms with Crippen LogP contribution in [0.3, 0.4) is 0 Å². The molecule has 14 heavy (non-hydrogen) atoms. The molecule has 84 valence electrons. The summed E-state index contributed by atoms with van der Waals surface area (Å²) in [4.78, 5) is 34.3. The minimum atomic E-state index is -5.17. The maximum atomic E-state index is 10.6. The topological polar surface area (TPSA) is 161 Å². The number of hydrogen-bond acceptors (Lipinski definition) is 4. The lowest BCUT2D eigenvalue weighted by atomic mass is 10.4. The molecule has 0 saturated heterocycles. The Bertz CT molecular complexity index is 301. The molecule has 0 atom stereocenters. The molecule has 0 aromatic carbocycles. The van der Waals surface area contributed by atoms with Crippen LogP contribution in [0, 0.1) is 0 Å². The molecule has 7 N–H and O–H groups in total. The SMILES string of the molecule is NCCC(O)=C(P(=O)(O)O)P(=O)(O)O. The number of aliphatic hydroxyl groups is 1. The summed E-state index contributed by atoms with van der Waals surface area (Å²) in [6.07, 6.45) is -0.411. The molecule has 0 rings (SSSR count). The monoisotopic (exact) mass is 247 g/mol. The highest BCUT2D eigenvalue weighted by molar-refractivity contribution is 7.77. The van der Waals surface area contributed by atoms with Crippen molar-refractivity contribution in [1.82, 2.24) is 0 Å². The van der Waals surface area contributed by atoms with E-state index >= 15 is 0 Å². The Hall–Kier alpha value is -0.200. The van der Waals surface area contributed by atoms with Crippen LogP contribution in [-0.4, -0.2) is 31.2 Å². The maximum Gasteiger partial charge on any atom is 0.367 e. The van der Waals surface area contributed by atoms with Gasteiger partial charge in [-0.1, -0.05) is 0 Å². The van der Waals surface area contributed by atoms with Crippen molar-refractivity contribution in [3.63, 3.8) is 0 Å². The maximum absolute atomic E-state index is 10.6. The van der Waals surface area contributed by atoms with Crippen LogP contribution in [0.5, 0.6) is 0 Å². The summed E-state index contributed by atoms with van der Waals surface area (Å²) in [6.45, 7) is -0.185. The van der Waals surface area contributed by atoms with Crippen LogP contribution >= 0.6 is 15.2 Å². The van der Waals surface area contributed by atoms with E-state index in [1.807, 2.05) is 0 Å². The molecular formula is C4H11NO7P2. The van der Waals surface area contributed by atoms with Crippen LogP contribution in [0.4, 0.5) is 0 Å². The predicted molar refractivity (Wildman–Crippen MR) is 47.4 cm³/mol. The molecule has 8 nitrogen and oxygen atoms in total. The van der Waals surface area contributed by atoms with Gasteiger partial charge in [-0.15, -0.1) is 0 Å². The lowest BCUT2D eigenvalue weighted by molar-refractivity contribution is 0.349. The van der Waals surface area contributed by atoms with E-state index in [-0.39, 0.29) is 6.54 Å². The van der Waals surface area contributed by atoms with E-state index in [0.29, 0.717) is 0 Å². The second kappa shape index (κ2) is 4.55. The zero-order chi connectivity index (χ0) is 11.6. The molecule has 0 saturated carbocycles. The largest absolute Gasteiger partial charge is 0.511 e. The summed E-state index contributed by atoms with van der Waals surface area (Å²) in [5.41, 5.74) is 4.95. The lowest BCUT2D eigenvalue weighted by Gasteiger charge is -2.12. The van der Waals surface area contributed by atoms with Crippen molar-refractivity contribution in [2.45, 2.75) is 6.42 Å². The molecule has 0 aromatic heterocycles. The molecule has 0 aliphatic carbocycles. The van der Waals surface area contributed by atoms with E-state index in [0.717, 1.165) is 0 Å². The van der Waals surface area contributed by atoms with Gasteiger partial charge in [-0.3, -0.25) is 9.13 Å². The first kappa shape index (κ1) is 13.8. The van der Waals surface area contributed by atoms with E-state index in [9.17, 15) is 9.13 Å². The Balaban J connectivity index is 5.46. The Labute approximate surface area is 79.4 Å². The third kappa shape index (κ3) is 3.89. The van der Waals surface area contributed by atoms with Gasteiger partial charge in [0.15, 0.2) is 5.06 Å². The Morgan fingerprint density at radius 3 is 1.64 bits per heavy atom. The molecule has 0 heterocycles. The van der Waals surface area contributed by atoms with Crippen molar-refractivity contribution < 1.29 is 33.8 Å². The van der Waals surface area contributed by atoms with Gasteiger partial charge < -0.3 is 30.4 Å². The summed E-state index contributed by atoms with van der Waals surface area (Å²) >= 11 is 0. The lowest BCUT2D eigenvalue weighted by Crippen LogP contribution is -2.03. The fraction of sp³-hybridized carbons (Fsp3) is 0.500. The van der Waals surface area contributed by atoms with Crippen LogP contribution in [0.1, 0.15) is 6.42 Å². The van der Waals surface area contributed by atoms with Crippen molar-refractivity contribution in [1.29, 1.82) is 0 Å². The highest BCUT2D eigenvalue weighted by Crippen LogP contribution is 2.65. The molecule has 0 fully saturated rings. The summed E-state index contributed by atoms with van der Waals surface area (Å²) in [6, 6.07) is 0. The molecule has 0 amide bonds. The summed E-state index contributed by atoms with van der Waals surface area (Å²) < 4.78 is 21.3. The standard InChI is InChI=1S/C4H11NO7P2/c5-2-1-3(6)4(13(7,8)9)14(10,11)12/h6H,1-2,5H2,(H2,7,8,9)(H2,10,11,12). The molecular weight excluding hydrogens is 236 g/mol. The number of hydrogen-bond donors (Lipinski definition) is 6. The van der Waals surface area contributed by atoms with Gasteiger partial charge in [0.1, 0.15) is 5.76 Å². The zero-order valence-electron chi connectivity index (χ0n) is 6.94. The molecule has 0 unspecified atom stereocenters. The van der Waals surface area contributed by atoms with Crippen molar-refractivity contribution in [2.75, 3.05) is 6.54 Å². The second-order valence-corrected chi connectivity index (χ2v) is 5.82. The smallest absolute Gasteiger partial charge is 0.367 e. The van der Waals surface area contributed by atoms with E-state index in [1.165, 1.54) is 0 Å². The van der Waals surface area contributed by atoms with Gasteiger partial charge in [-0.05, 0) is 6.54 Å². The van der Waals surface area contributed by atoms with Gasteiger partial charge in [0.25, 0.3) is 0 Å². The molecule has 0 aliphatic rings. The highest BCUT2D eigenvalue weighted by Gasteiger charge is 2.39. The normalized spacial score (nSPS) is 12.6. The third-order valence-corrected chi connectivity index (χ3v) is 4.37. The Morgan fingerprint density at radius 2 is 1.43 bits per heavy atom. The third-order valence-electron chi connectivity index (χ3n) is 1.19. The Morgan fingerprint density at radius 1 is 1.07 bits per heavy atom. The first-order valence-corrected chi connectivity index (χ1v) is 6.57. The minimum Gasteiger partial charge on any atom is -0.511 e. The van der Waals surface area contributed by atoms with Crippen molar-refractivity contribution in [3.05, 3.63) is 10.8 Å². The number of rotatable bonds is 4. The van der Waals surface area contributed by atoms with Gasteiger partial charge in [-0.25, -0.2) is 0 Å². The predicted octanol–water partition coefficient (Wildman–Crippen LogP) is -0.582. The van der Waals surface area contributed by atoms with Gasteiger partial charge in [0.2, 0.25) is 0 Å². The zero-order valence-corrected chi connectivity index (χ0v) is 8.73. The van der Waals surface area contributed by atoms with Crippen LogP contribution < -0.4 is 5.73 Å². The van der Waals surface area contributed by atoms with Crippen LogP contribution in [0.15, 0.2) is 10.8 Å². The van der Waals surface area contributed by atoms with E-state index in [4.69, 9.17) is 30.4 Å². The van der Waals surface area contributed by atoms with Crippen molar-refractivity contribution in [2.24, 2.45) is 5.73 Å². The average Bonchev–Trinajstić information content (AvgIpc) is 1.78. The molecule has 0 radical (unpaired) electrons. The van der Waals surface area contributed by atoms with Crippen LogP contribution in [0.25, 0.3) is 0 Å². The molecule has 0 bridgehead atoms. The van der Waals surface area contributed by atoms with E-state index in [1.54, 1.807) is 0 Å². The summed E-state index contributed by atoms with van der Waals surface area (Å²) in [7, 11) is -10.3. The van der Waals surface area contributed by atoms with E-state index < -0.39 is 32.4 Å². The minimum absolute atomic E-state index is 0.185. The molecule has 0 aromatic rings. The molecule has 0 spiro atoms. The number of aliphatic hydroxyl groups excluding tert-OH is 1. The van der Waals surface area contributed by atoms with Gasteiger partial charge in [-0.2, -0.15) is 0 Å². The van der Waals surface area contributed by atoms with E-state index in [2.05, 4.69) is 0 Å². The second-order valence-electron chi connectivity index (χ2n) is 2.40. The van der Waals surface area contributed by atoms with Gasteiger partial charge in [0, 0.05) is 6.42 Å². The summed E-state index contributed by atoms with van der Waals surface area (Å²) in [5, 5.41) is 7.44. The first-order chi connectivity index (χ1) is 6.10. The fourth-order valence-corrected chi connectivity index (χ4v) is 3.01. The Kier molecular flexibility index (Phi) is 4.48. The van der Waals surface area contributed by atoms with Gasteiger partial charge in [0.05, 0.1) is 0 Å². The first-order valence-electron chi connectivity index (χ1n) is 3.35. The molecule has 0 aliphatic heterocycles. The van der Waals surface area contributed by atoms with Crippen LogP contribution in [-0.2, 0) is 9.13 Å². The van der Waals surface area contributed by atoms with Crippen molar-refractivity contribution in [3.8, 4) is 0 Å². The van der Waals surface area contributed by atoms with Gasteiger partial charge >= 0.3 is 15.2 Å². The fourth-order valence-electron chi connectivity index (χ4n) is 0.754. The summed E-state index contributed by atoms with van der Waals surface area (Å²) in [5.74, 6) is -1.06. The van der Waals surface area contributed by atoms with Crippen LogP contribution in [0.2, 0.25) is 0 Å². The average molecular weight is 247 g/mol. The highest BCUT2D eigenvalue weighted by atomic mass is 31.2.